The SMILES string of the molecule is CCN(CC)C(=S)SN. The van der Waals surface area contributed by atoms with Crippen molar-refractivity contribution in [2.24, 2.45) is 5.14 Å². The molecule has 0 aromatic rings. The van der Waals surface area contributed by atoms with E-state index in [1.165, 1.54) is 0 Å². The Balaban J connectivity index is 3.64. The lowest BCUT2D eigenvalue weighted by Gasteiger charge is -2.18. The molecular formula is C5H12N2S2. The maximum absolute atomic E-state index is 5.26. The Morgan fingerprint density at radius 1 is 1.56 bits per heavy atom. The standard InChI is InChI=1S/C5H12N2S2/c1-3-7(4-2)5(8)9-6/h3-4,6H2,1-2H3. The van der Waals surface area contributed by atoms with Crippen molar-refractivity contribution in [2.75, 3.05) is 13.1 Å². The van der Waals surface area contributed by atoms with Gasteiger partial charge >= 0.3 is 0 Å². The van der Waals surface area contributed by atoms with Crippen molar-refractivity contribution < 1.29 is 0 Å². The Kier molecular flexibility index (Phi) is 5.13. The minimum Gasteiger partial charge on any atom is -0.357 e. The lowest BCUT2D eigenvalue weighted by molar-refractivity contribution is 0.482. The first kappa shape index (κ1) is 9.20. The molecular weight excluding hydrogens is 152 g/mol. The molecule has 0 aliphatic carbocycles. The number of rotatable bonds is 2. The Labute approximate surface area is 65.9 Å². The van der Waals surface area contributed by atoms with Crippen LogP contribution in [0.3, 0.4) is 0 Å². The van der Waals surface area contributed by atoms with E-state index in [1.807, 2.05) is 4.90 Å². The van der Waals surface area contributed by atoms with E-state index in [-0.39, 0.29) is 0 Å². The summed E-state index contributed by atoms with van der Waals surface area (Å²) >= 11 is 6.08. The normalized spacial score (nSPS) is 9.22. The van der Waals surface area contributed by atoms with E-state index in [1.54, 1.807) is 0 Å². The lowest BCUT2D eigenvalue weighted by atomic mass is 10.6. The molecule has 0 spiro atoms. The second kappa shape index (κ2) is 5.02. The molecule has 2 nitrogen and oxygen atoms in total. The van der Waals surface area contributed by atoms with Gasteiger partial charge in [-0.1, -0.05) is 12.2 Å². The van der Waals surface area contributed by atoms with Crippen LogP contribution in [0, 0.1) is 0 Å². The van der Waals surface area contributed by atoms with E-state index < -0.39 is 0 Å². The second-order valence-corrected chi connectivity index (χ2v) is 2.82. The molecule has 9 heavy (non-hydrogen) atoms. The van der Waals surface area contributed by atoms with Crippen molar-refractivity contribution in [2.45, 2.75) is 13.8 Å². The highest BCUT2D eigenvalue weighted by atomic mass is 32.2. The molecule has 0 rings (SSSR count). The average molecular weight is 164 g/mol. The van der Waals surface area contributed by atoms with Crippen molar-refractivity contribution in [3.05, 3.63) is 0 Å². The quantitative estimate of drug-likeness (QED) is 0.491. The van der Waals surface area contributed by atoms with Crippen LogP contribution < -0.4 is 5.14 Å². The molecule has 0 fully saturated rings. The molecule has 0 radical (unpaired) electrons. The smallest absolute Gasteiger partial charge is 0.151 e. The number of hydrogen-bond acceptors (Lipinski definition) is 3. The monoisotopic (exact) mass is 164 g/mol. The summed E-state index contributed by atoms with van der Waals surface area (Å²) in [6.45, 7) is 6.01. The third-order valence-corrected chi connectivity index (χ3v) is 2.13. The van der Waals surface area contributed by atoms with Crippen LogP contribution >= 0.6 is 24.2 Å². The van der Waals surface area contributed by atoms with E-state index in [0.29, 0.717) is 0 Å². The molecule has 0 amide bonds. The first-order chi connectivity index (χ1) is 4.26. The maximum Gasteiger partial charge on any atom is 0.151 e. The summed E-state index contributed by atoms with van der Waals surface area (Å²) in [6.07, 6.45) is 0. The molecule has 0 aliphatic heterocycles. The molecule has 0 saturated carbocycles. The summed E-state index contributed by atoms with van der Waals surface area (Å²) in [5.74, 6) is 0. The van der Waals surface area contributed by atoms with Gasteiger partial charge in [-0.25, -0.2) is 0 Å². The molecule has 54 valence electrons. The molecule has 0 atom stereocenters. The van der Waals surface area contributed by atoms with Crippen LogP contribution in [-0.2, 0) is 0 Å². The zero-order valence-electron chi connectivity index (χ0n) is 5.76. The second-order valence-electron chi connectivity index (χ2n) is 1.56. The van der Waals surface area contributed by atoms with Crippen molar-refractivity contribution >= 4 is 28.5 Å². The van der Waals surface area contributed by atoms with Gasteiger partial charge in [0.2, 0.25) is 0 Å². The number of nitrogens with zero attached hydrogens (tertiary/aromatic N) is 1. The van der Waals surface area contributed by atoms with Crippen LogP contribution in [0.15, 0.2) is 0 Å². The zero-order chi connectivity index (χ0) is 7.28. The van der Waals surface area contributed by atoms with Gasteiger partial charge in [-0.05, 0) is 25.8 Å². The Morgan fingerprint density at radius 3 is 2.11 bits per heavy atom. The van der Waals surface area contributed by atoms with E-state index in [9.17, 15) is 0 Å². The van der Waals surface area contributed by atoms with Crippen molar-refractivity contribution in [1.82, 2.24) is 4.90 Å². The predicted octanol–water partition coefficient (Wildman–Crippen LogP) is 1.22. The van der Waals surface area contributed by atoms with E-state index in [2.05, 4.69) is 13.8 Å². The van der Waals surface area contributed by atoms with Crippen molar-refractivity contribution in [1.29, 1.82) is 0 Å². The summed E-state index contributed by atoms with van der Waals surface area (Å²) in [4.78, 5) is 2.04. The van der Waals surface area contributed by atoms with Crippen LogP contribution in [0.2, 0.25) is 0 Å². The lowest BCUT2D eigenvalue weighted by Crippen LogP contribution is -2.27. The Morgan fingerprint density at radius 2 is 2.00 bits per heavy atom. The molecule has 0 aromatic heterocycles. The topological polar surface area (TPSA) is 29.3 Å². The maximum atomic E-state index is 5.26. The summed E-state index contributed by atoms with van der Waals surface area (Å²) in [6, 6.07) is 0. The third-order valence-electron chi connectivity index (χ3n) is 1.12. The first-order valence-corrected chi connectivity index (χ1v) is 4.20. The largest absolute Gasteiger partial charge is 0.357 e. The van der Waals surface area contributed by atoms with Gasteiger partial charge in [0.25, 0.3) is 0 Å². The van der Waals surface area contributed by atoms with Gasteiger partial charge in [-0.15, -0.1) is 0 Å². The number of thiocarbonyl (C=S) groups is 1. The van der Waals surface area contributed by atoms with Crippen molar-refractivity contribution in [3.63, 3.8) is 0 Å². The van der Waals surface area contributed by atoms with Crippen LogP contribution in [-0.4, -0.2) is 22.3 Å². The molecule has 0 bridgehead atoms. The highest BCUT2D eigenvalue weighted by molar-refractivity contribution is 8.21. The van der Waals surface area contributed by atoms with Gasteiger partial charge in [0, 0.05) is 13.1 Å². The molecule has 0 heterocycles. The fourth-order valence-electron chi connectivity index (χ4n) is 0.556. The van der Waals surface area contributed by atoms with Crippen LogP contribution in [0.1, 0.15) is 13.8 Å². The average Bonchev–Trinajstić information content (AvgIpc) is 1.90. The fourth-order valence-corrected chi connectivity index (χ4v) is 1.22. The van der Waals surface area contributed by atoms with Crippen LogP contribution in [0.25, 0.3) is 0 Å². The number of hydrogen-bond donors (Lipinski definition) is 1. The van der Waals surface area contributed by atoms with Gasteiger partial charge < -0.3 is 4.90 Å². The van der Waals surface area contributed by atoms with E-state index >= 15 is 0 Å². The minimum atomic E-state index is 0.778. The van der Waals surface area contributed by atoms with Gasteiger partial charge in [-0.3, -0.25) is 5.14 Å². The summed E-state index contributed by atoms with van der Waals surface area (Å²) < 4.78 is 0.778. The first-order valence-electron chi connectivity index (χ1n) is 2.91. The minimum absolute atomic E-state index is 0.778. The van der Waals surface area contributed by atoms with Crippen molar-refractivity contribution in [3.8, 4) is 0 Å². The molecule has 4 heteroatoms. The van der Waals surface area contributed by atoms with Gasteiger partial charge in [0.1, 0.15) is 0 Å². The molecule has 0 saturated heterocycles. The molecule has 0 aromatic carbocycles. The highest BCUT2D eigenvalue weighted by Crippen LogP contribution is 2.00. The van der Waals surface area contributed by atoms with E-state index in [0.717, 1.165) is 29.4 Å². The zero-order valence-corrected chi connectivity index (χ0v) is 7.39. The molecule has 0 aliphatic rings. The Hall–Kier alpha value is 0.200. The van der Waals surface area contributed by atoms with Gasteiger partial charge in [0.05, 0.1) is 0 Å². The fraction of sp³-hybridized carbons (Fsp3) is 0.800. The molecule has 2 N–H and O–H groups in total. The van der Waals surface area contributed by atoms with Gasteiger partial charge in [-0.2, -0.15) is 0 Å². The number of nitrogens with two attached hydrogens (primary N) is 1. The summed E-state index contributed by atoms with van der Waals surface area (Å²) in [5, 5.41) is 5.26. The third kappa shape index (κ3) is 3.03. The summed E-state index contributed by atoms with van der Waals surface area (Å²) in [5.41, 5.74) is 0. The highest BCUT2D eigenvalue weighted by Gasteiger charge is 2.01. The van der Waals surface area contributed by atoms with E-state index in [4.69, 9.17) is 17.4 Å². The van der Waals surface area contributed by atoms with Gasteiger partial charge in [0.15, 0.2) is 4.32 Å². The predicted molar refractivity (Wildman–Crippen MR) is 47.3 cm³/mol. The van der Waals surface area contributed by atoms with Crippen LogP contribution in [0.4, 0.5) is 0 Å². The Bertz CT molecular complexity index is 91.0. The molecule has 0 unspecified atom stereocenters. The summed E-state index contributed by atoms with van der Waals surface area (Å²) in [7, 11) is 0. The van der Waals surface area contributed by atoms with Crippen LogP contribution in [0.5, 0.6) is 0 Å².